The average molecular weight is 333 g/mol. The molecule has 8 heteroatoms. The lowest BCUT2D eigenvalue weighted by molar-refractivity contribution is -0.136. The zero-order valence-electron chi connectivity index (χ0n) is 13.7. The number of aromatic amines is 1. The molecule has 0 radical (unpaired) electrons. The van der Waals surface area contributed by atoms with Crippen molar-refractivity contribution in [1.82, 2.24) is 9.97 Å². The summed E-state index contributed by atoms with van der Waals surface area (Å²) >= 11 is 0. The number of ether oxygens (including phenoxy) is 3. The largest absolute Gasteiger partial charge is 0.465 e. The van der Waals surface area contributed by atoms with Crippen LogP contribution in [0.1, 0.15) is 24.2 Å². The number of H-pyrrole nitrogens is 1. The predicted molar refractivity (Wildman–Crippen MR) is 87.1 cm³/mol. The summed E-state index contributed by atoms with van der Waals surface area (Å²) in [6, 6.07) is 5.00. The van der Waals surface area contributed by atoms with E-state index in [-0.39, 0.29) is 11.7 Å². The quantitative estimate of drug-likeness (QED) is 0.812. The fourth-order valence-corrected chi connectivity index (χ4v) is 2.52. The number of hydrogen-bond donors (Lipinski definition) is 2. The van der Waals surface area contributed by atoms with E-state index in [1.54, 1.807) is 12.1 Å². The number of nitrogens with zero attached hydrogens (tertiary/aromatic N) is 1. The number of carbonyl (C=O) groups excluding carboxylic acids is 1. The summed E-state index contributed by atoms with van der Waals surface area (Å²) in [4.78, 5) is 30.4. The first-order valence-corrected chi connectivity index (χ1v) is 7.56. The molecule has 0 amide bonds. The van der Waals surface area contributed by atoms with Gasteiger partial charge in [0.1, 0.15) is 23.1 Å². The second kappa shape index (κ2) is 6.21. The molecule has 0 spiro atoms. The van der Waals surface area contributed by atoms with E-state index in [1.807, 2.05) is 13.8 Å². The van der Waals surface area contributed by atoms with E-state index in [9.17, 15) is 9.59 Å². The second-order valence-electron chi connectivity index (χ2n) is 5.97. The van der Waals surface area contributed by atoms with Crippen LogP contribution in [0.5, 0.6) is 0 Å². The molecule has 1 unspecified atom stereocenters. The third kappa shape index (κ3) is 3.39. The Morgan fingerprint density at radius 2 is 2.29 bits per heavy atom. The molecule has 0 bridgehead atoms. The van der Waals surface area contributed by atoms with Crippen LogP contribution < -0.4 is 10.9 Å². The van der Waals surface area contributed by atoms with E-state index in [1.165, 1.54) is 13.2 Å². The fourth-order valence-electron chi connectivity index (χ4n) is 2.52. The standard InChI is InChI=1S/C16H19N3O5/c1-16(2)23-8-10(24-16)7-17-12-5-4-9-6-11(15(21)22-3)14(20)19-13(9)18-12/h4-6,10H,7-8H2,1-3H3,(H2,17,18,19,20). The lowest BCUT2D eigenvalue weighted by Gasteiger charge is -2.17. The van der Waals surface area contributed by atoms with Crippen LogP contribution in [0.2, 0.25) is 0 Å². The van der Waals surface area contributed by atoms with Gasteiger partial charge in [-0.3, -0.25) is 4.79 Å². The van der Waals surface area contributed by atoms with Gasteiger partial charge in [0.25, 0.3) is 5.56 Å². The van der Waals surface area contributed by atoms with Crippen LogP contribution in [-0.4, -0.2) is 48.1 Å². The summed E-state index contributed by atoms with van der Waals surface area (Å²) in [5, 5.41) is 3.80. The molecule has 0 aromatic carbocycles. The highest BCUT2D eigenvalue weighted by Gasteiger charge is 2.32. The summed E-state index contributed by atoms with van der Waals surface area (Å²) in [5.41, 5.74) is -0.193. The maximum Gasteiger partial charge on any atom is 0.343 e. The van der Waals surface area contributed by atoms with Crippen molar-refractivity contribution in [1.29, 1.82) is 0 Å². The van der Waals surface area contributed by atoms with Gasteiger partial charge in [-0.2, -0.15) is 0 Å². The number of anilines is 1. The smallest absolute Gasteiger partial charge is 0.343 e. The van der Waals surface area contributed by atoms with E-state index in [0.29, 0.717) is 30.0 Å². The molecule has 2 aromatic rings. The molecule has 128 valence electrons. The Morgan fingerprint density at radius 1 is 1.50 bits per heavy atom. The molecule has 3 rings (SSSR count). The van der Waals surface area contributed by atoms with Gasteiger partial charge in [-0.15, -0.1) is 0 Å². The summed E-state index contributed by atoms with van der Waals surface area (Å²) in [6.45, 7) is 4.77. The number of methoxy groups -OCH3 is 1. The van der Waals surface area contributed by atoms with Crippen molar-refractivity contribution in [2.45, 2.75) is 25.7 Å². The number of aromatic nitrogens is 2. The van der Waals surface area contributed by atoms with E-state index >= 15 is 0 Å². The Kier molecular flexibility index (Phi) is 4.25. The number of nitrogens with one attached hydrogen (secondary N) is 2. The van der Waals surface area contributed by atoms with Crippen molar-refractivity contribution < 1.29 is 19.0 Å². The number of carbonyl (C=O) groups is 1. The molecule has 0 saturated carbocycles. The highest BCUT2D eigenvalue weighted by molar-refractivity contribution is 5.93. The van der Waals surface area contributed by atoms with Crippen LogP contribution in [-0.2, 0) is 14.2 Å². The van der Waals surface area contributed by atoms with Crippen molar-refractivity contribution in [3.8, 4) is 0 Å². The molecule has 2 N–H and O–H groups in total. The fraction of sp³-hybridized carbons (Fsp3) is 0.438. The first-order chi connectivity index (χ1) is 11.4. The zero-order valence-corrected chi connectivity index (χ0v) is 13.7. The third-order valence-electron chi connectivity index (χ3n) is 3.69. The van der Waals surface area contributed by atoms with Crippen LogP contribution >= 0.6 is 0 Å². The van der Waals surface area contributed by atoms with E-state index in [2.05, 4.69) is 20.0 Å². The molecule has 1 fully saturated rings. The number of rotatable bonds is 4. The second-order valence-corrected chi connectivity index (χ2v) is 5.97. The lowest BCUT2D eigenvalue weighted by atomic mass is 10.2. The highest BCUT2D eigenvalue weighted by atomic mass is 16.7. The van der Waals surface area contributed by atoms with Gasteiger partial charge < -0.3 is 24.5 Å². The van der Waals surface area contributed by atoms with Gasteiger partial charge in [0.05, 0.1) is 13.7 Å². The van der Waals surface area contributed by atoms with E-state index in [4.69, 9.17) is 9.47 Å². The van der Waals surface area contributed by atoms with Gasteiger partial charge >= 0.3 is 5.97 Å². The Labute approximate surface area is 138 Å². The summed E-state index contributed by atoms with van der Waals surface area (Å²) in [6.07, 6.45) is -0.0711. The summed E-state index contributed by atoms with van der Waals surface area (Å²) < 4.78 is 15.8. The SMILES string of the molecule is COC(=O)c1cc2ccc(NCC3COC(C)(C)O3)nc2[nH]c1=O. The number of pyridine rings is 2. The zero-order chi connectivity index (χ0) is 17.3. The van der Waals surface area contributed by atoms with Gasteiger partial charge in [0, 0.05) is 11.9 Å². The maximum atomic E-state index is 11.9. The van der Waals surface area contributed by atoms with Crippen molar-refractivity contribution in [3.63, 3.8) is 0 Å². The van der Waals surface area contributed by atoms with E-state index < -0.39 is 17.3 Å². The average Bonchev–Trinajstić information content (AvgIpc) is 2.90. The topological polar surface area (TPSA) is 103 Å². The molecule has 1 atom stereocenters. The molecule has 8 nitrogen and oxygen atoms in total. The monoisotopic (exact) mass is 333 g/mol. The van der Waals surface area contributed by atoms with Crippen molar-refractivity contribution >= 4 is 22.8 Å². The van der Waals surface area contributed by atoms with Crippen LogP contribution in [0, 0.1) is 0 Å². The van der Waals surface area contributed by atoms with Crippen molar-refractivity contribution in [3.05, 3.63) is 34.1 Å². The lowest BCUT2D eigenvalue weighted by Crippen LogP contribution is -2.26. The van der Waals surface area contributed by atoms with Gasteiger partial charge in [0.15, 0.2) is 5.79 Å². The molecule has 1 saturated heterocycles. The van der Waals surface area contributed by atoms with Gasteiger partial charge in [-0.05, 0) is 32.0 Å². The van der Waals surface area contributed by atoms with Gasteiger partial charge in [-0.1, -0.05) is 0 Å². The predicted octanol–water partition coefficient (Wildman–Crippen LogP) is 1.27. The molecule has 1 aliphatic heterocycles. The third-order valence-corrected chi connectivity index (χ3v) is 3.69. The first-order valence-electron chi connectivity index (χ1n) is 7.56. The molecule has 0 aliphatic carbocycles. The van der Waals surface area contributed by atoms with Crippen LogP contribution in [0.25, 0.3) is 11.0 Å². The highest BCUT2D eigenvalue weighted by Crippen LogP contribution is 2.22. The number of fused-ring (bicyclic) bond motifs is 1. The van der Waals surface area contributed by atoms with Gasteiger partial charge in [0.2, 0.25) is 0 Å². The minimum Gasteiger partial charge on any atom is -0.465 e. The Morgan fingerprint density at radius 3 is 2.96 bits per heavy atom. The van der Waals surface area contributed by atoms with Crippen molar-refractivity contribution in [2.75, 3.05) is 25.6 Å². The van der Waals surface area contributed by atoms with Crippen molar-refractivity contribution in [2.24, 2.45) is 0 Å². The maximum absolute atomic E-state index is 11.9. The first kappa shape index (κ1) is 16.4. The number of hydrogen-bond acceptors (Lipinski definition) is 7. The minimum atomic E-state index is -0.679. The Bertz CT molecular complexity index is 830. The van der Waals surface area contributed by atoms with Crippen LogP contribution in [0.3, 0.4) is 0 Å². The van der Waals surface area contributed by atoms with Gasteiger partial charge in [-0.25, -0.2) is 9.78 Å². The molecule has 3 heterocycles. The molecule has 1 aliphatic rings. The van der Waals surface area contributed by atoms with Crippen LogP contribution in [0.15, 0.2) is 23.0 Å². The summed E-state index contributed by atoms with van der Waals surface area (Å²) in [5.74, 6) is -0.655. The molecular formula is C16H19N3O5. The molecule has 2 aromatic heterocycles. The summed E-state index contributed by atoms with van der Waals surface area (Å²) in [7, 11) is 1.23. The Balaban J connectivity index is 1.77. The minimum absolute atomic E-state index is 0.0498. The number of esters is 1. The van der Waals surface area contributed by atoms with E-state index in [0.717, 1.165) is 0 Å². The Hall–Kier alpha value is -2.45. The molecule has 24 heavy (non-hydrogen) atoms. The van der Waals surface area contributed by atoms with Crippen LogP contribution in [0.4, 0.5) is 5.82 Å². The normalized spacial score (nSPS) is 19.4. The molecular weight excluding hydrogens is 314 g/mol.